The Kier molecular flexibility index (Phi) is 5.69. The molecular formula is C20H21N3O5S. The lowest BCUT2D eigenvalue weighted by molar-refractivity contribution is -0.133. The maximum absolute atomic E-state index is 12.5. The van der Waals surface area contributed by atoms with Gasteiger partial charge in [-0.25, -0.2) is 12.7 Å². The number of aryl methyl sites for hydroxylation is 1. The average Bonchev–Trinajstić information content (AvgIpc) is 2.89. The van der Waals surface area contributed by atoms with E-state index in [0.717, 1.165) is 16.9 Å². The maximum Gasteiger partial charge on any atom is 0.269 e. The number of sulfonamides is 1. The minimum Gasteiger partial charge on any atom is -0.335 e. The smallest absolute Gasteiger partial charge is 0.269 e. The number of benzene rings is 2. The third-order valence-electron chi connectivity index (χ3n) is 4.67. The van der Waals surface area contributed by atoms with Gasteiger partial charge >= 0.3 is 0 Å². The number of rotatable bonds is 6. The molecule has 29 heavy (non-hydrogen) atoms. The van der Waals surface area contributed by atoms with Crippen molar-refractivity contribution in [2.24, 2.45) is 0 Å². The summed E-state index contributed by atoms with van der Waals surface area (Å²) in [4.78, 5) is 38.2. The fourth-order valence-electron chi connectivity index (χ4n) is 3.07. The maximum atomic E-state index is 12.5. The van der Waals surface area contributed by atoms with Crippen LogP contribution < -0.4 is 5.32 Å². The van der Waals surface area contributed by atoms with Crippen molar-refractivity contribution >= 4 is 33.4 Å². The molecule has 0 radical (unpaired) electrons. The number of nitrogens with zero attached hydrogens (tertiary/aromatic N) is 2. The highest BCUT2D eigenvalue weighted by Crippen LogP contribution is 2.29. The van der Waals surface area contributed by atoms with Crippen LogP contribution in [0.15, 0.2) is 53.4 Å². The Morgan fingerprint density at radius 2 is 1.72 bits per heavy atom. The van der Waals surface area contributed by atoms with Crippen molar-refractivity contribution in [3.63, 3.8) is 0 Å². The van der Waals surface area contributed by atoms with Crippen LogP contribution in [0.5, 0.6) is 0 Å². The summed E-state index contributed by atoms with van der Waals surface area (Å²) in [6, 6.07) is 13.1. The molecule has 3 amide bonds. The fourth-order valence-corrected chi connectivity index (χ4v) is 4.59. The van der Waals surface area contributed by atoms with Crippen molar-refractivity contribution < 1.29 is 22.8 Å². The first-order chi connectivity index (χ1) is 13.8. The number of para-hydroxylation sites is 1. The van der Waals surface area contributed by atoms with Crippen LogP contribution >= 0.6 is 0 Å². The Hall–Kier alpha value is -3.20. The summed E-state index contributed by atoms with van der Waals surface area (Å²) in [6.07, 6.45) is 0.737. The third-order valence-corrected chi connectivity index (χ3v) is 6.46. The van der Waals surface area contributed by atoms with Gasteiger partial charge in [0, 0.05) is 12.7 Å². The summed E-state index contributed by atoms with van der Waals surface area (Å²) in [6.45, 7) is 1.03. The molecule has 0 saturated carbocycles. The van der Waals surface area contributed by atoms with Gasteiger partial charge in [-0.1, -0.05) is 37.3 Å². The van der Waals surface area contributed by atoms with Crippen molar-refractivity contribution in [3.05, 3.63) is 59.7 Å². The number of hydrogen-bond acceptors (Lipinski definition) is 5. The van der Waals surface area contributed by atoms with Gasteiger partial charge in [0.05, 0.1) is 12.1 Å². The summed E-state index contributed by atoms with van der Waals surface area (Å²) in [5, 5.41) is 2.75. The van der Waals surface area contributed by atoms with Crippen LogP contribution in [0.25, 0.3) is 0 Å². The molecule has 0 aromatic heterocycles. The van der Waals surface area contributed by atoms with Crippen LogP contribution in [0.3, 0.4) is 0 Å². The fraction of sp³-hybridized carbons (Fsp3) is 0.250. The molecule has 0 unspecified atom stereocenters. The van der Waals surface area contributed by atoms with Crippen LogP contribution in [-0.2, 0) is 26.0 Å². The van der Waals surface area contributed by atoms with E-state index in [2.05, 4.69) is 5.32 Å². The molecule has 8 nitrogen and oxygen atoms in total. The normalized spacial score (nSPS) is 14.4. The molecule has 1 aliphatic rings. The topological polar surface area (TPSA) is 104 Å². The van der Waals surface area contributed by atoms with Gasteiger partial charge in [0.1, 0.15) is 11.4 Å². The first-order valence-corrected chi connectivity index (χ1v) is 10.5. The molecule has 0 spiro atoms. The third kappa shape index (κ3) is 4.00. The van der Waals surface area contributed by atoms with E-state index in [1.807, 2.05) is 19.1 Å². The van der Waals surface area contributed by atoms with E-state index in [1.54, 1.807) is 18.2 Å². The summed E-state index contributed by atoms with van der Waals surface area (Å²) in [5.41, 5.74) is 1.66. The van der Waals surface area contributed by atoms with Crippen LogP contribution in [-0.4, -0.2) is 55.5 Å². The quantitative estimate of drug-likeness (QED) is 0.770. The van der Waals surface area contributed by atoms with Crippen LogP contribution in [0.2, 0.25) is 0 Å². The van der Waals surface area contributed by atoms with Crippen LogP contribution in [0.1, 0.15) is 22.8 Å². The van der Waals surface area contributed by atoms with Crippen molar-refractivity contribution in [1.82, 2.24) is 9.21 Å². The lowest BCUT2D eigenvalue weighted by atomic mass is 10.1. The number of carbonyl (C=O) groups is 3. The van der Waals surface area contributed by atoms with Gasteiger partial charge < -0.3 is 10.2 Å². The van der Waals surface area contributed by atoms with Gasteiger partial charge in [0.25, 0.3) is 15.9 Å². The van der Waals surface area contributed by atoms with Gasteiger partial charge in [-0.2, -0.15) is 0 Å². The summed E-state index contributed by atoms with van der Waals surface area (Å²) in [5.74, 6) is -1.82. The van der Waals surface area contributed by atoms with Crippen LogP contribution in [0.4, 0.5) is 5.69 Å². The van der Waals surface area contributed by atoms with E-state index in [4.69, 9.17) is 0 Å². The Bertz CT molecular complexity index is 1080. The molecule has 2 aromatic carbocycles. The minimum absolute atomic E-state index is 0.0388. The zero-order valence-electron chi connectivity index (χ0n) is 16.1. The zero-order valence-corrected chi connectivity index (χ0v) is 16.9. The molecule has 1 heterocycles. The molecule has 9 heteroatoms. The Labute approximate surface area is 169 Å². The van der Waals surface area contributed by atoms with E-state index in [9.17, 15) is 22.8 Å². The summed E-state index contributed by atoms with van der Waals surface area (Å²) >= 11 is 0. The minimum atomic E-state index is -4.07. The molecule has 2 aromatic rings. The monoisotopic (exact) mass is 415 g/mol. The molecule has 0 fully saturated rings. The molecule has 0 saturated heterocycles. The van der Waals surface area contributed by atoms with Gasteiger partial charge in [0.15, 0.2) is 0 Å². The first-order valence-electron chi connectivity index (χ1n) is 9.03. The zero-order chi connectivity index (χ0) is 21.2. The molecule has 152 valence electrons. The lowest BCUT2D eigenvalue weighted by Gasteiger charge is -2.21. The first kappa shape index (κ1) is 20.5. The van der Waals surface area contributed by atoms with Crippen molar-refractivity contribution in [2.75, 3.05) is 25.5 Å². The van der Waals surface area contributed by atoms with Gasteiger partial charge in [-0.15, -0.1) is 0 Å². The average molecular weight is 415 g/mol. The summed E-state index contributed by atoms with van der Waals surface area (Å²) in [7, 11) is -2.69. The number of carbonyl (C=O) groups excluding carboxylic acids is 3. The Morgan fingerprint density at radius 3 is 2.41 bits per heavy atom. The number of anilines is 1. The van der Waals surface area contributed by atoms with Gasteiger partial charge in [-0.3, -0.25) is 14.4 Å². The van der Waals surface area contributed by atoms with E-state index in [1.165, 1.54) is 25.2 Å². The highest BCUT2D eigenvalue weighted by Gasteiger charge is 2.42. The second kappa shape index (κ2) is 8.04. The van der Waals surface area contributed by atoms with E-state index < -0.39 is 34.3 Å². The molecule has 0 atom stereocenters. The lowest BCUT2D eigenvalue weighted by Crippen LogP contribution is -2.43. The Morgan fingerprint density at radius 1 is 1.07 bits per heavy atom. The molecule has 1 aliphatic heterocycles. The summed E-state index contributed by atoms with van der Waals surface area (Å²) < 4.78 is 25.6. The molecule has 0 aliphatic carbocycles. The second-order valence-electron chi connectivity index (χ2n) is 6.62. The van der Waals surface area contributed by atoms with Crippen LogP contribution in [0, 0.1) is 0 Å². The highest BCUT2D eigenvalue weighted by atomic mass is 32.2. The van der Waals surface area contributed by atoms with Gasteiger partial charge in [-0.05, 0) is 30.2 Å². The number of hydrogen-bond donors (Lipinski definition) is 1. The Balaban J connectivity index is 1.65. The van der Waals surface area contributed by atoms with E-state index in [-0.39, 0.29) is 17.0 Å². The molecule has 1 N–H and O–H groups in total. The largest absolute Gasteiger partial charge is 0.335 e. The number of fused-ring (bicyclic) bond motifs is 1. The van der Waals surface area contributed by atoms with Crippen molar-refractivity contribution in [1.29, 1.82) is 0 Å². The van der Waals surface area contributed by atoms with Gasteiger partial charge in [0.2, 0.25) is 11.8 Å². The van der Waals surface area contributed by atoms with Crippen molar-refractivity contribution in [2.45, 2.75) is 18.2 Å². The van der Waals surface area contributed by atoms with E-state index >= 15 is 0 Å². The number of likely N-dealkylation sites (N-methyl/N-ethyl adjacent to an activating group) is 1. The predicted octanol–water partition coefficient (Wildman–Crippen LogP) is 1.49. The SMILES string of the molecule is CCc1ccccc1NC(=O)CN(C)C(=O)CN1C(=O)c2ccccc2S1(=O)=O. The standard InChI is InChI=1S/C20H21N3O5S/c1-3-14-8-4-6-10-16(14)21-18(24)12-22(2)19(25)13-23-20(26)15-9-5-7-11-17(15)29(23,27)28/h4-11H,3,12-13H2,1-2H3,(H,21,24). The number of nitrogens with one attached hydrogen (secondary N) is 1. The molecule has 0 bridgehead atoms. The highest BCUT2D eigenvalue weighted by molar-refractivity contribution is 7.90. The molecular weight excluding hydrogens is 394 g/mol. The molecule has 3 rings (SSSR count). The number of amides is 3. The second-order valence-corrected chi connectivity index (χ2v) is 8.45. The van der Waals surface area contributed by atoms with Crippen molar-refractivity contribution in [3.8, 4) is 0 Å². The van der Waals surface area contributed by atoms with E-state index in [0.29, 0.717) is 9.99 Å². The predicted molar refractivity (Wildman–Crippen MR) is 107 cm³/mol.